The third-order valence-corrected chi connectivity index (χ3v) is 5.09. The highest BCUT2D eigenvalue weighted by molar-refractivity contribution is 6.31. The zero-order valence-electron chi connectivity index (χ0n) is 14.3. The quantitative estimate of drug-likeness (QED) is 0.799. The molecule has 0 spiro atoms. The lowest BCUT2D eigenvalue weighted by atomic mass is 9.96. The number of hydrogen-bond donors (Lipinski definition) is 1. The van der Waals surface area contributed by atoms with Gasteiger partial charge in [-0.25, -0.2) is 0 Å². The summed E-state index contributed by atoms with van der Waals surface area (Å²) in [6.45, 7) is 4.55. The summed E-state index contributed by atoms with van der Waals surface area (Å²) in [7, 11) is 0. The normalized spacial score (nSPS) is 18.1. The SMILES string of the molecule is Cc1cc(Cl)ccc1NC(=O)C1CCCN(Cc2cccc(Cl)c2)C1. The number of amides is 1. The van der Waals surface area contributed by atoms with Crippen LogP contribution in [0.5, 0.6) is 0 Å². The molecule has 2 aromatic carbocycles. The maximum atomic E-state index is 12.7. The Kier molecular flexibility index (Phi) is 6.00. The van der Waals surface area contributed by atoms with Crippen LogP contribution < -0.4 is 5.32 Å². The minimum atomic E-state index is 0.00279. The van der Waals surface area contributed by atoms with Crippen LogP contribution in [-0.2, 0) is 11.3 Å². The van der Waals surface area contributed by atoms with Crippen LogP contribution in [0.15, 0.2) is 42.5 Å². The van der Waals surface area contributed by atoms with Crippen molar-refractivity contribution in [3.63, 3.8) is 0 Å². The van der Waals surface area contributed by atoms with Crippen molar-refractivity contribution in [3.05, 3.63) is 63.6 Å². The Morgan fingerprint density at radius 3 is 2.76 bits per heavy atom. The van der Waals surface area contributed by atoms with Gasteiger partial charge in [0.2, 0.25) is 5.91 Å². The second-order valence-electron chi connectivity index (χ2n) is 6.65. The second kappa shape index (κ2) is 8.22. The first-order chi connectivity index (χ1) is 12.0. The zero-order valence-corrected chi connectivity index (χ0v) is 15.8. The molecule has 1 unspecified atom stereocenters. The minimum Gasteiger partial charge on any atom is -0.326 e. The molecule has 1 heterocycles. The summed E-state index contributed by atoms with van der Waals surface area (Å²) in [6.07, 6.45) is 1.95. The standard InChI is InChI=1S/C20H22Cl2N2O/c1-14-10-18(22)7-8-19(14)23-20(25)16-5-3-9-24(13-16)12-15-4-2-6-17(21)11-15/h2,4,6-8,10-11,16H,3,5,9,12-13H2,1H3,(H,23,25). The van der Waals surface area contributed by atoms with Crippen molar-refractivity contribution in [2.45, 2.75) is 26.3 Å². The lowest BCUT2D eigenvalue weighted by molar-refractivity contribution is -0.121. The van der Waals surface area contributed by atoms with Crippen LogP contribution in [0.25, 0.3) is 0 Å². The number of halogens is 2. The van der Waals surface area contributed by atoms with Crippen LogP contribution in [0, 0.1) is 12.8 Å². The van der Waals surface area contributed by atoms with E-state index >= 15 is 0 Å². The number of anilines is 1. The molecule has 2 aromatic rings. The fourth-order valence-electron chi connectivity index (χ4n) is 3.31. The van der Waals surface area contributed by atoms with Crippen molar-refractivity contribution in [2.24, 2.45) is 5.92 Å². The number of nitrogens with zero attached hydrogens (tertiary/aromatic N) is 1. The number of likely N-dealkylation sites (tertiary alicyclic amines) is 1. The summed E-state index contributed by atoms with van der Waals surface area (Å²) < 4.78 is 0. The molecule has 1 aliphatic heterocycles. The number of rotatable bonds is 4. The summed E-state index contributed by atoms with van der Waals surface area (Å²) in [5, 5.41) is 4.49. The van der Waals surface area contributed by atoms with Crippen LogP contribution in [0.1, 0.15) is 24.0 Å². The van der Waals surface area contributed by atoms with Crippen molar-refractivity contribution in [3.8, 4) is 0 Å². The summed E-state index contributed by atoms with van der Waals surface area (Å²) >= 11 is 12.0. The highest BCUT2D eigenvalue weighted by Crippen LogP contribution is 2.24. The van der Waals surface area contributed by atoms with Gasteiger partial charge in [-0.05, 0) is 67.8 Å². The Morgan fingerprint density at radius 1 is 1.20 bits per heavy atom. The molecular weight excluding hydrogens is 355 g/mol. The maximum absolute atomic E-state index is 12.7. The first kappa shape index (κ1) is 18.2. The van der Waals surface area contributed by atoms with E-state index in [0.29, 0.717) is 5.02 Å². The molecule has 1 aliphatic rings. The van der Waals surface area contributed by atoms with Crippen LogP contribution in [0.2, 0.25) is 10.0 Å². The summed E-state index contributed by atoms with van der Waals surface area (Å²) in [5.41, 5.74) is 3.00. The molecule has 1 atom stereocenters. The van der Waals surface area contributed by atoms with Crippen LogP contribution in [0.3, 0.4) is 0 Å². The number of carbonyl (C=O) groups excluding carboxylic acids is 1. The predicted octanol–water partition coefficient (Wildman–Crippen LogP) is 5.15. The van der Waals surface area contributed by atoms with E-state index in [-0.39, 0.29) is 11.8 Å². The summed E-state index contributed by atoms with van der Waals surface area (Å²) in [5.74, 6) is 0.0872. The van der Waals surface area contributed by atoms with Crippen molar-refractivity contribution in [1.82, 2.24) is 4.90 Å². The highest BCUT2D eigenvalue weighted by Gasteiger charge is 2.26. The maximum Gasteiger partial charge on any atom is 0.228 e. The van der Waals surface area contributed by atoms with E-state index < -0.39 is 0 Å². The molecular formula is C20H22Cl2N2O. The largest absolute Gasteiger partial charge is 0.326 e. The van der Waals surface area contributed by atoms with Gasteiger partial charge in [0.1, 0.15) is 0 Å². The van der Waals surface area contributed by atoms with E-state index in [0.717, 1.165) is 48.7 Å². The van der Waals surface area contributed by atoms with Gasteiger partial charge >= 0.3 is 0 Å². The van der Waals surface area contributed by atoms with E-state index in [1.54, 1.807) is 6.07 Å². The zero-order chi connectivity index (χ0) is 17.8. The van der Waals surface area contributed by atoms with E-state index in [4.69, 9.17) is 23.2 Å². The molecule has 1 fully saturated rings. The van der Waals surface area contributed by atoms with Crippen molar-refractivity contribution in [1.29, 1.82) is 0 Å². The van der Waals surface area contributed by atoms with Crippen molar-refractivity contribution in [2.75, 3.05) is 18.4 Å². The Morgan fingerprint density at radius 2 is 2.00 bits per heavy atom. The van der Waals surface area contributed by atoms with Crippen LogP contribution in [-0.4, -0.2) is 23.9 Å². The van der Waals surface area contributed by atoms with Crippen molar-refractivity contribution < 1.29 is 4.79 Å². The monoisotopic (exact) mass is 376 g/mol. The molecule has 1 N–H and O–H groups in total. The first-order valence-electron chi connectivity index (χ1n) is 8.55. The molecule has 5 heteroatoms. The van der Waals surface area contributed by atoms with Gasteiger partial charge in [0.25, 0.3) is 0 Å². The Hall–Kier alpha value is -1.55. The minimum absolute atomic E-state index is 0.00279. The molecule has 1 amide bonds. The van der Waals surface area contributed by atoms with Crippen LogP contribution >= 0.6 is 23.2 Å². The summed E-state index contributed by atoms with van der Waals surface area (Å²) in [6, 6.07) is 13.4. The summed E-state index contributed by atoms with van der Waals surface area (Å²) in [4.78, 5) is 15.0. The molecule has 132 valence electrons. The molecule has 0 radical (unpaired) electrons. The fourth-order valence-corrected chi connectivity index (χ4v) is 3.75. The van der Waals surface area contributed by atoms with Gasteiger partial charge in [-0.15, -0.1) is 0 Å². The molecule has 0 aromatic heterocycles. The lowest BCUT2D eigenvalue weighted by Crippen LogP contribution is -2.40. The Balaban J connectivity index is 1.61. The van der Waals surface area contributed by atoms with E-state index in [1.807, 2.05) is 37.3 Å². The van der Waals surface area contributed by atoms with Gasteiger partial charge in [-0.3, -0.25) is 9.69 Å². The van der Waals surface area contributed by atoms with Gasteiger partial charge in [0.15, 0.2) is 0 Å². The third-order valence-electron chi connectivity index (χ3n) is 4.62. The highest BCUT2D eigenvalue weighted by atomic mass is 35.5. The molecule has 0 aliphatic carbocycles. The van der Waals surface area contributed by atoms with Gasteiger partial charge in [-0.2, -0.15) is 0 Å². The Bertz CT molecular complexity index is 763. The molecule has 3 rings (SSSR count). The van der Waals surface area contributed by atoms with Crippen LogP contribution in [0.4, 0.5) is 5.69 Å². The average molecular weight is 377 g/mol. The molecule has 3 nitrogen and oxygen atoms in total. The van der Waals surface area contributed by atoms with Crippen molar-refractivity contribution >= 4 is 34.8 Å². The average Bonchev–Trinajstić information content (AvgIpc) is 2.57. The third kappa shape index (κ3) is 4.97. The van der Waals surface area contributed by atoms with Gasteiger partial charge in [0, 0.05) is 28.8 Å². The van der Waals surface area contributed by atoms with Gasteiger partial charge in [0.05, 0.1) is 5.92 Å². The number of hydrogen-bond acceptors (Lipinski definition) is 2. The first-order valence-corrected chi connectivity index (χ1v) is 9.30. The van der Waals surface area contributed by atoms with E-state index in [1.165, 1.54) is 5.56 Å². The Labute approximate surface area is 158 Å². The second-order valence-corrected chi connectivity index (χ2v) is 7.53. The number of carbonyl (C=O) groups is 1. The lowest BCUT2D eigenvalue weighted by Gasteiger charge is -2.32. The number of nitrogens with one attached hydrogen (secondary N) is 1. The number of piperidine rings is 1. The molecule has 1 saturated heterocycles. The molecule has 0 saturated carbocycles. The fraction of sp³-hybridized carbons (Fsp3) is 0.350. The van der Waals surface area contributed by atoms with E-state index in [2.05, 4.69) is 16.3 Å². The molecule has 25 heavy (non-hydrogen) atoms. The van der Waals surface area contributed by atoms with Gasteiger partial charge < -0.3 is 5.32 Å². The van der Waals surface area contributed by atoms with Gasteiger partial charge in [-0.1, -0.05) is 35.3 Å². The predicted molar refractivity (Wildman–Crippen MR) is 104 cm³/mol. The smallest absolute Gasteiger partial charge is 0.228 e. The van der Waals surface area contributed by atoms with E-state index in [9.17, 15) is 4.79 Å². The molecule has 0 bridgehead atoms. The number of benzene rings is 2. The topological polar surface area (TPSA) is 32.3 Å². The number of aryl methyl sites for hydroxylation is 1.